The van der Waals surface area contributed by atoms with Gasteiger partial charge in [0.25, 0.3) is 0 Å². The molecule has 0 N–H and O–H groups in total. The number of hydrogen-bond donors (Lipinski definition) is 0. The summed E-state index contributed by atoms with van der Waals surface area (Å²) in [4.78, 5) is 0. The molecule has 0 fully saturated rings. The van der Waals surface area contributed by atoms with Crippen LogP contribution < -0.4 is 51.4 Å². The Morgan fingerprint density at radius 1 is 1.00 bits per heavy atom. The van der Waals surface area contributed by atoms with Crippen molar-refractivity contribution in [1.29, 1.82) is 0 Å². The van der Waals surface area contributed by atoms with Gasteiger partial charge in [0.15, 0.2) is 0 Å². The van der Waals surface area contributed by atoms with Crippen molar-refractivity contribution in [3.63, 3.8) is 0 Å². The molecular weight excluding hydrogens is 327 g/mol. The molecule has 4 nitrogen and oxygen atoms in total. The van der Waals surface area contributed by atoms with Crippen molar-refractivity contribution in [2.24, 2.45) is 5.92 Å². The first kappa shape index (κ1) is 25.5. The van der Waals surface area contributed by atoms with Gasteiger partial charge in [-0.15, -0.1) is 0 Å². The molecule has 0 aliphatic rings. The summed E-state index contributed by atoms with van der Waals surface area (Å²) in [7, 11) is -4.58. The van der Waals surface area contributed by atoms with Crippen LogP contribution in [0.4, 0.5) is 0 Å². The molecule has 0 spiro atoms. The van der Waals surface area contributed by atoms with Crippen LogP contribution in [0, 0.1) is 5.92 Å². The molecule has 0 amide bonds. The monoisotopic (exact) mass is 358 g/mol. The summed E-state index contributed by atoms with van der Waals surface area (Å²) in [6, 6.07) is 0. The number of unbranched alkanes of at least 4 members (excludes halogenated alkanes) is 7. The molecule has 0 aliphatic carbocycles. The predicted octanol–water partition coefficient (Wildman–Crippen LogP) is 1.58. The Bertz CT molecular complexity index is 355. The van der Waals surface area contributed by atoms with Gasteiger partial charge in [-0.2, -0.15) is 0 Å². The summed E-state index contributed by atoms with van der Waals surface area (Å²) >= 11 is 0. The van der Waals surface area contributed by atoms with Crippen LogP contribution in [-0.2, 0) is 14.6 Å². The average Bonchev–Trinajstić information content (AvgIpc) is 2.42. The van der Waals surface area contributed by atoms with E-state index in [9.17, 15) is 13.0 Å². The Labute approximate surface area is 179 Å². The Morgan fingerprint density at radius 2 is 1.59 bits per heavy atom. The van der Waals surface area contributed by atoms with Crippen molar-refractivity contribution in [2.75, 3.05) is 6.61 Å². The summed E-state index contributed by atoms with van der Waals surface area (Å²) in [5.41, 5.74) is 0. The second-order valence-electron chi connectivity index (χ2n) is 5.58. The molecule has 1 atom stereocenters. The van der Waals surface area contributed by atoms with E-state index in [1.54, 1.807) is 0 Å². The third-order valence-electron chi connectivity index (χ3n) is 3.49. The molecule has 0 bridgehead atoms. The molecule has 0 rings (SSSR count). The van der Waals surface area contributed by atoms with Gasteiger partial charge in [0.05, 0.1) is 6.61 Å². The Morgan fingerprint density at radius 3 is 2.18 bits per heavy atom. The summed E-state index contributed by atoms with van der Waals surface area (Å²) in [5, 5.41) is 0. The van der Waals surface area contributed by atoms with Gasteiger partial charge in [-0.3, -0.25) is 4.18 Å². The molecule has 1 unspecified atom stereocenters. The third-order valence-corrected chi connectivity index (χ3v) is 3.91. The van der Waals surface area contributed by atoms with Crippen molar-refractivity contribution in [3.05, 3.63) is 12.2 Å². The van der Waals surface area contributed by atoms with Crippen molar-refractivity contribution in [1.82, 2.24) is 0 Å². The van der Waals surface area contributed by atoms with Crippen molar-refractivity contribution in [3.8, 4) is 0 Å². The number of allylic oxidation sites excluding steroid dienone is 1. The molecule has 0 saturated carbocycles. The zero-order valence-electron chi connectivity index (χ0n) is 14.6. The first-order chi connectivity index (χ1) is 9.99. The molecule has 0 heterocycles. The quantitative estimate of drug-likeness (QED) is 0.155. The minimum absolute atomic E-state index is 0. The van der Waals surface area contributed by atoms with E-state index in [1.807, 2.05) is 6.08 Å². The van der Waals surface area contributed by atoms with Crippen LogP contribution in [0.3, 0.4) is 0 Å². The van der Waals surface area contributed by atoms with Gasteiger partial charge in [-0.25, -0.2) is 8.42 Å². The van der Waals surface area contributed by atoms with E-state index < -0.39 is 10.4 Å². The predicted molar refractivity (Wildman–Crippen MR) is 85.8 cm³/mol. The fourth-order valence-corrected chi connectivity index (χ4v) is 2.56. The SMILES string of the molecule is CCCCC/C=C/C(CCCCCCC)COS(=O)(=O)[O-].[K+]. The molecule has 22 heavy (non-hydrogen) atoms. The summed E-state index contributed by atoms with van der Waals surface area (Å²) < 4.78 is 36.1. The molecule has 6 heteroatoms. The average molecular weight is 359 g/mol. The zero-order chi connectivity index (χ0) is 16.0. The number of hydrogen-bond acceptors (Lipinski definition) is 4. The smallest absolute Gasteiger partial charge is 0.726 e. The summed E-state index contributed by atoms with van der Waals surface area (Å²) in [5.74, 6) is 0.0250. The van der Waals surface area contributed by atoms with Crippen LogP contribution in [0.5, 0.6) is 0 Å². The van der Waals surface area contributed by atoms with Crippen LogP contribution in [0.2, 0.25) is 0 Å². The van der Waals surface area contributed by atoms with E-state index in [1.165, 1.54) is 32.1 Å². The molecule has 0 aromatic rings. The van der Waals surface area contributed by atoms with Gasteiger partial charge < -0.3 is 4.55 Å². The zero-order valence-corrected chi connectivity index (χ0v) is 18.5. The van der Waals surface area contributed by atoms with Crippen molar-refractivity contribution >= 4 is 10.4 Å². The Kier molecular flexibility index (Phi) is 19.8. The molecule has 0 aromatic heterocycles. The topological polar surface area (TPSA) is 66.4 Å². The van der Waals surface area contributed by atoms with Gasteiger partial charge in [0, 0.05) is 5.92 Å². The summed E-state index contributed by atoms with van der Waals surface area (Å²) in [6.45, 7) is 4.31. The first-order valence-electron chi connectivity index (χ1n) is 8.26. The van der Waals surface area contributed by atoms with E-state index in [0.29, 0.717) is 0 Å². The molecule has 0 aromatic carbocycles. The van der Waals surface area contributed by atoms with E-state index in [0.717, 1.165) is 32.1 Å². The molecule has 0 radical (unpaired) electrons. The minimum atomic E-state index is -4.58. The minimum Gasteiger partial charge on any atom is -0.726 e. The second kappa shape index (κ2) is 17.1. The van der Waals surface area contributed by atoms with Crippen LogP contribution in [0.15, 0.2) is 12.2 Å². The Balaban J connectivity index is 0. The van der Waals surface area contributed by atoms with E-state index in [-0.39, 0.29) is 63.9 Å². The van der Waals surface area contributed by atoms with Gasteiger partial charge in [-0.1, -0.05) is 70.9 Å². The largest absolute Gasteiger partial charge is 1.00 e. The van der Waals surface area contributed by atoms with Crippen molar-refractivity contribution in [2.45, 2.75) is 78.1 Å². The number of rotatable bonds is 14. The fraction of sp³-hybridized carbons (Fsp3) is 0.875. The standard InChI is InChI=1S/C16H32O4S.K/c1-3-5-7-9-11-13-16(15-20-21(17,18)19)14-12-10-8-6-4-2;/h11,13,16H,3-10,12,14-15H2,1-2H3,(H,17,18,19);/q;+1/p-1/b13-11+;. The van der Waals surface area contributed by atoms with E-state index in [4.69, 9.17) is 0 Å². The second-order valence-corrected chi connectivity index (χ2v) is 6.63. The van der Waals surface area contributed by atoms with Gasteiger partial charge in [0.2, 0.25) is 10.4 Å². The molecule has 0 aliphatic heterocycles. The van der Waals surface area contributed by atoms with Crippen LogP contribution in [0.25, 0.3) is 0 Å². The maximum Gasteiger partial charge on any atom is 1.00 e. The fourth-order valence-electron chi connectivity index (χ4n) is 2.22. The molecular formula is C16H31KO4S. The maximum absolute atomic E-state index is 10.6. The van der Waals surface area contributed by atoms with Crippen LogP contribution in [-0.4, -0.2) is 19.6 Å². The van der Waals surface area contributed by atoms with Crippen LogP contribution in [0.1, 0.15) is 78.1 Å². The molecule has 126 valence electrons. The summed E-state index contributed by atoms with van der Waals surface area (Å²) in [6.07, 6.45) is 15.4. The van der Waals surface area contributed by atoms with Gasteiger partial charge >= 0.3 is 51.4 Å². The van der Waals surface area contributed by atoms with Crippen molar-refractivity contribution < 1.29 is 68.5 Å². The Hall–Kier alpha value is 1.25. The first-order valence-corrected chi connectivity index (χ1v) is 9.59. The maximum atomic E-state index is 10.6. The van der Waals surface area contributed by atoms with E-state index in [2.05, 4.69) is 24.1 Å². The van der Waals surface area contributed by atoms with Gasteiger partial charge in [-0.05, 0) is 19.3 Å². The normalized spacial score (nSPS) is 13.2. The molecule has 0 saturated heterocycles. The van der Waals surface area contributed by atoms with Gasteiger partial charge in [0.1, 0.15) is 0 Å². The van der Waals surface area contributed by atoms with Crippen LogP contribution >= 0.6 is 0 Å². The third kappa shape index (κ3) is 19.3. The van der Waals surface area contributed by atoms with E-state index >= 15 is 0 Å².